The van der Waals surface area contributed by atoms with Crippen molar-refractivity contribution in [3.05, 3.63) is 63.6 Å². The molecular weight excluding hydrogens is 511 g/mol. The molecule has 1 saturated heterocycles. The molecule has 2 atom stereocenters. The van der Waals surface area contributed by atoms with Gasteiger partial charge in [-0.3, -0.25) is 9.59 Å². The summed E-state index contributed by atoms with van der Waals surface area (Å²) in [7, 11) is 0. The Morgan fingerprint density at radius 1 is 0.919 bits per heavy atom. The van der Waals surface area contributed by atoms with Crippen molar-refractivity contribution in [1.82, 2.24) is 15.1 Å². The van der Waals surface area contributed by atoms with E-state index >= 15 is 0 Å². The van der Waals surface area contributed by atoms with Crippen molar-refractivity contribution in [2.45, 2.75) is 52.5 Å². The van der Waals surface area contributed by atoms with Crippen molar-refractivity contribution in [3.63, 3.8) is 0 Å². The zero-order chi connectivity index (χ0) is 26.9. The average molecular weight is 548 g/mol. The molecule has 9 heteroatoms. The number of amides is 4. The Labute approximate surface area is 229 Å². The molecular formula is C28H36Cl2N4O3. The number of carbonyl (C=O) groups is 3. The second-order valence-electron chi connectivity index (χ2n) is 9.51. The Hall–Kier alpha value is -2.77. The second-order valence-corrected chi connectivity index (χ2v) is 10.3. The lowest BCUT2D eigenvalue weighted by Crippen LogP contribution is -2.57. The van der Waals surface area contributed by atoms with Crippen molar-refractivity contribution in [2.24, 2.45) is 5.92 Å². The maximum atomic E-state index is 13.4. The molecule has 1 aliphatic heterocycles. The van der Waals surface area contributed by atoms with Gasteiger partial charge in [-0.25, -0.2) is 4.79 Å². The summed E-state index contributed by atoms with van der Waals surface area (Å²) in [5.74, 6) is -0.400. The number of urea groups is 1. The van der Waals surface area contributed by atoms with Crippen LogP contribution in [0.1, 0.15) is 56.0 Å². The molecule has 1 aliphatic rings. The highest BCUT2D eigenvalue weighted by atomic mass is 35.5. The highest BCUT2D eigenvalue weighted by Crippen LogP contribution is 2.25. The first kappa shape index (κ1) is 28.8. The van der Waals surface area contributed by atoms with Crippen LogP contribution in [0.15, 0.2) is 42.5 Å². The molecule has 0 spiro atoms. The highest BCUT2D eigenvalue weighted by molar-refractivity contribution is 6.42. The quantitative estimate of drug-likeness (QED) is 0.413. The minimum Gasteiger partial charge on any atom is -0.340 e. The number of halogens is 2. The molecule has 4 amide bonds. The van der Waals surface area contributed by atoms with Crippen LogP contribution in [-0.4, -0.2) is 59.9 Å². The lowest BCUT2D eigenvalue weighted by Gasteiger charge is -2.37. The van der Waals surface area contributed by atoms with Crippen LogP contribution in [0.3, 0.4) is 0 Å². The lowest BCUT2D eigenvalue weighted by molar-refractivity contribution is -0.135. The summed E-state index contributed by atoms with van der Waals surface area (Å²) in [5, 5.41) is 6.57. The van der Waals surface area contributed by atoms with E-state index in [4.69, 9.17) is 23.2 Å². The molecule has 2 aromatic carbocycles. The van der Waals surface area contributed by atoms with Gasteiger partial charge >= 0.3 is 6.03 Å². The van der Waals surface area contributed by atoms with Gasteiger partial charge in [0.25, 0.3) is 5.91 Å². The normalized spacial score (nSPS) is 15.2. The molecule has 7 nitrogen and oxygen atoms in total. The summed E-state index contributed by atoms with van der Waals surface area (Å²) in [6.07, 6.45) is 3.97. The summed E-state index contributed by atoms with van der Waals surface area (Å²) < 4.78 is 0. The first-order valence-electron chi connectivity index (χ1n) is 12.9. The highest BCUT2D eigenvalue weighted by Gasteiger charge is 2.33. The molecule has 200 valence electrons. The van der Waals surface area contributed by atoms with E-state index in [9.17, 15) is 14.4 Å². The zero-order valence-electron chi connectivity index (χ0n) is 21.7. The number of piperazine rings is 1. The number of anilines is 1. The number of nitrogens with one attached hydrogen (secondary N) is 2. The van der Waals surface area contributed by atoms with E-state index in [1.807, 2.05) is 38.1 Å². The summed E-state index contributed by atoms with van der Waals surface area (Å²) >= 11 is 12.0. The molecule has 3 rings (SSSR count). The summed E-state index contributed by atoms with van der Waals surface area (Å²) in [4.78, 5) is 42.5. The van der Waals surface area contributed by atoms with Crippen LogP contribution in [0.4, 0.5) is 10.5 Å². The van der Waals surface area contributed by atoms with Gasteiger partial charge in [-0.15, -0.1) is 0 Å². The number of nitrogens with zero attached hydrogens (tertiary/aromatic N) is 2. The summed E-state index contributed by atoms with van der Waals surface area (Å²) in [6.45, 7) is 7.69. The van der Waals surface area contributed by atoms with Gasteiger partial charge in [0, 0.05) is 37.4 Å². The fraction of sp³-hybridized carbons (Fsp3) is 0.464. The Morgan fingerprint density at radius 3 is 2.16 bits per heavy atom. The predicted molar refractivity (Wildman–Crippen MR) is 149 cm³/mol. The van der Waals surface area contributed by atoms with Crippen molar-refractivity contribution >= 4 is 46.7 Å². The third kappa shape index (κ3) is 7.86. The van der Waals surface area contributed by atoms with Crippen LogP contribution in [-0.2, 0) is 11.2 Å². The summed E-state index contributed by atoms with van der Waals surface area (Å²) in [6, 6.07) is 11.6. The van der Waals surface area contributed by atoms with Crippen molar-refractivity contribution in [1.29, 1.82) is 0 Å². The standard InChI is InChI=1S/C28H36Cl2N4O3/c1-4-6-7-20-8-10-21(11-9-20)26(35)32-25(19(3)5-2)27(36)33-14-16-34(17-15-33)28(37)31-22-12-13-23(29)24(30)18-22/h8-13,18-19,25H,4-7,14-17H2,1-3H3,(H,31,37)(H,32,35). The molecule has 2 N–H and O–H groups in total. The molecule has 0 aliphatic carbocycles. The molecule has 1 heterocycles. The molecule has 0 radical (unpaired) electrons. The fourth-order valence-corrected chi connectivity index (χ4v) is 4.51. The van der Waals surface area contributed by atoms with Crippen molar-refractivity contribution in [2.75, 3.05) is 31.5 Å². The van der Waals surface area contributed by atoms with Gasteiger partial charge in [0.05, 0.1) is 10.0 Å². The number of unbranched alkanes of at least 4 members (excludes halogenated alkanes) is 1. The minimum absolute atomic E-state index is 0.0312. The van der Waals surface area contributed by atoms with E-state index in [0.29, 0.717) is 47.5 Å². The van der Waals surface area contributed by atoms with Gasteiger partial charge in [0.1, 0.15) is 6.04 Å². The average Bonchev–Trinajstić information content (AvgIpc) is 2.92. The van der Waals surface area contributed by atoms with Crippen LogP contribution in [0.25, 0.3) is 0 Å². The second kappa shape index (κ2) is 13.7. The van der Waals surface area contributed by atoms with Gasteiger partial charge < -0.3 is 20.4 Å². The van der Waals surface area contributed by atoms with E-state index in [2.05, 4.69) is 17.6 Å². The van der Waals surface area contributed by atoms with Gasteiger partial charge in [-0.1, -0.05) is 68.9 Å². The molecule has 2 unspecified atom stereocenters. The maximum Gasteiger partial charge on any atom is 0.321 e. The number of hydrogen-bond acceptors (Lipinski definition) is 3. The van der Waals surface area contributed by atoms with Gasteiger partial charge in [0.15, 0.2) is 0 Å². The van der Waals surface area contributed by atoms with Crippen LogP contribution in [0.2, 0.25) is 10.0 Å². The fourth-order valence-electron chi connectivity index (χ4n) is 4.21. The molecule has 2 aromatic rings. The topological polar surface area (TPSA) is 81.8 Å². The largest absolute Gasteiger partial charge is 0.340 e. The van der Waals surface area contributed by atoms with E-state index in [1.54, 1.807) is 28.0 Å². The van der Waals surface area contributed by atoms with Gasteiger partial charge in [-0.05, 0) is 54.7 Å². The predicted octanol–water partition coefficient (Wildman–Crippen LogP) is 5.86. The van der Waals surface area contributed by atoms with Crippen molar-refractivity contribution < 1.29 is 14.4 Å². The zero-order valence-corrected chi connectivity index (χ0v) is 23.2. The Morgan fingerprint density at radius 2 is 1.57 bits per heavy atom. The molecule has 1 fully saturated rings. The van der Waals surface area contributed by atoms with Crippen LogP contribution < -0.4 is 10.6 Å². The molecule has 0 saturated carbocycles. The number of hydrogen-bond donors (Lipinski definition) is 2. The monoisotopic (exact) mass is 546 g/mol. The number of rotatable bonds is 9. The Balaban J connectivity index is 1.58. The third-order valence-corrected chi connectivity index (χ3v) is 7.59. The van der Waals surface area contributed by atoms with E-state index < -0.39 is 6.04 Å². The van der Waals surface area contributed by atoms with E-state index in [0.717, 1.165) is 25.7 Å². The van der Waals surface area contributed by atoms with Crippen LogP contribution >= 0.6 is 23.2 Å². The number of benzene rings is 2. The number of carbonyl (C=O) groups excluding carboxylic acids is 3. The molecule has 0 aromatic heterocycles. The van der Waals surface area contributed by atoms with Crippen LogP contribution in [0.5, 0.6) is 0 Å². The van der Waals surface area contributed by atoms with E-state index in [-0.39, 0.29) is 23.8 Å². The minimum atomic E-state index is -0.631. The summed E-state index contributed by atoms with van der Waals surface area (Å²) in [5.41, 5.74) is 2.30. The number of aryl methyl sites for hydroxylation is 1. The van der Waals surface area contributed by atoms with Gasteiger partial charge in [-0.2, -0.15) is 0 Å². The smallest absolute Gasteiger partial charge is 0.321 e. The maximum absolute atomic E-state index is 13.4. The SMILES string of the molecule is CCCCc1ccc(C(=O)NC(C(=O)N2CCN(C(=O)Nc3ccc(Cl)c(Cl)c3)CC2)C(C)CC)cc1. The Bertz CT molecular complexity index is 1090. The van der Waals surface area contributed by atoms with Crippen LogP contribution in [0, 0.1) is 5.92 Å². The lowest BCUT2D eigenvalue weighted by atomic mass is 9.96. The molecule has 0 bridgehead atoms. The van der Waals surface area contributed by atoms with E-state index in [1.165, 1.54) is 5.56 Å². The molecule has 37 heavy (non-hydrogen) atoms. The van der Waals surface area contributed by atoms with Gasteiger partial charge in [0.2, 0.25) is 5.91 Å². The first-order valence-corrected chi connectivity index (χ1v) is 13.7. The Kier molecular flexibility index (Phi) is 10.6. The first-order chi connectivity index (χ1) is 17.7. The van der Waals surface area contributed by atoms with Crippen molar-refractivity contribution in [3.8, 4) is 0 Å². The third-order valence-electron chi connectivity index (χ3n) is 6.85.